The molecule has 5 atom stereocenters. The monoisotopic (exact) mass is 753 g/mol. The third-order valence-corrected chi connectivity index (χ3v) is 15.7. The molecular weight excluding hydrogens is 707 g/mol. The van der Waals surface area contributed by atoms with Crippen LogP contribution >= 0.6 is 0 Å². The van der Waals surface area contributed by atoms with Gasteiger partial charge in [0.25, 0.3) is 5.91 Å². The smallest absolute Gasteiger partial charge is 0.304 e. The van der Waals surface area contributed by atoms with Crippen molar-refractivity contribution >= 4 is 42.4 Å². The van der Waals surface area contributed by atoms with Crippen LogP contribution in [0.5, 0.6) is 11.5 Å². The molecule has 14 heteroatoms. The number of aliphatic hydroxyl groups excluding tert-OH is 1. The number of esters is 1. The van der Waals surface area contributed by atoms with Crippen LogP contribution in [0.2, 0.25) is 18.6 Å². The predicted octanol–water partition coefficient (Wildman–Crippen LogP) is 4.31. The molecule has 1 unspecified atom stereocenters. The van der Waals surface area contributed by atoms with Crippen LogP contribution in [-0.4, -0.2) is 79.1 Å². The number of ether oxygens (including phenoxy) is 4. The highest BCUT2D eigenvalue weighted by Gasteiger charge is 2.66. The Morgan fingerprint density at radius 1 is 1.04 bits per heavy atom. The van der Waals surface area contributed by atoms with Gasteiger partial charge in [-0.15, -0.1) is 5.10 Å². The van der Waals surface area contributed by atoms with Crippen molar-refractivity contribution in [1.82, 2.24) is 15.0 Å². The Morgan fingerprint density at radius 2 is 1.78 bits per heavy atom. The molecule has 3 aliphatic heterocycles. The van der Waals surface area contributed by atoms with Gasteiger partial charge >= 0.3 is 5.97 Å². The lowest BCUT2D eigenvalue weighted by molar-refractivity contribution is -0.154. The number of aromatic nitrogens is 3. The lowest BCUT2D eigenvalue weighted by Crippen LogP contribution is -2.54. The van der Waals surface area contributed by atoms with Crippen LogP contribution in [0, 0.1) is 5.92 Å². The number of anilines is 2. The molecule has 0 bridgehead atoms. The first-order chi connectivity index (χ1) is 25.9. The summed E-state index contributed by atoms with van der Waals surface area (Å²) in [5.74, 6) is 0.422. The van der Waals surface area contributed by atoms with E-state index in [-0.39, 0.29) is 48.9 Å². The summed E-state index contributed by atoms with van der Waals surface area (Å²) in [4.78, 5) is 42.9. The van der Waals surface area contributed by atoms with E-state index in [2.05, 4.69) is 42.5 Å². The average molecular weight is 754 g/mol. The van der Waals surface area contributed by atoms with E-state index in [9.17, 15) is 14.7 Å². The molecule has 2 amide bonds. The summed E-state index contributed by atoms with van der Waals surface area (Å²) in [5.41, 5.74) is 2.33. The molecule has 0 radical (unpaired) electrons. The highest BCUT2D eigenvalue weighted by Crippen LogP contribution is 2.60. The molecule has 0 aliphatic carbocycles. The third kappa shape index (κ3) is 6.45. The largest absolute Gasteiger partial charge is 0.497 e. The van der Waals surface area contributed by atoms with Crippen molar-refractivity contribution in [2.24, 2.45) is 5.92 Å². The highest BCUT2D eigenvalue weighted by atomic mass is 28.3. The van der Waals surface area contributed by atoms with E-state index in [4.69, 9.17) is 18.9 Å². The van der Waals surface area contributed by atoms with Crippen LogP contribution in [-0.2, 0) is 49.0 Å². The van der Waals surface area contributed by atoms with Crippen molar-refractivity contribution in [3.8, 4) is 11.5 Å². The number of carbonyl (C=O) groups excluding carboxylic acids is 3. The Labute approximate surface area is 315 Å². The Hall–Kier alpha value is -5.05. The van der Waals surface area contributed by atoms with Crippen molar-refractivity contribution in [1.29, 1.82) is 0 Å². The molecule has 1 spiro atoms. The van der Waals surface area contributed by atoms with Gasteiger partial charge in [-0.1, -0.05) is 54.7 Å². The summed E-state index contributed by atoms with van der Waals surface area (Å²) < 4.78 is 25.6. The number of carbonyl (C=O) groups is 3. The number of aryl methyl sites for hydroxylation is 1. The van der Waals surface area contributed by atoms with E-state index in [0.29, 0.717) is 36.5 Å². The van der Waals surface area contributed by atoms with E-state index in [0.717, 1.165) is 22.6 Å². The number of aliphatic hydroxyl groups is 1. The lowest BCUT2D eigenvalue weighted by Gasteiger charge is -2.39. The summed E-state index contributed by atoms with van der Waals surface area (Å²) in [6.07, 6.45) is 2.02. The molecule has 7 rings (SSSR count). The van der Waals surface area contributed by atoms with Gasteiger partial charge in [0.1, 0.15) is 11.5 Å². The quantitative estimate of drug-likeness (QED) is 0.119. The van der Waals surface area contributed by atoms with Gasteiger partial charge in [0, 0.05) is 49.9 Å². The number of β-lactam (4-membered cyclic amide) rings is 1. The first-order valence-corrected chi connectivity index (χ1v) is 21.4. The SMILES string of the molecule is COc1ccc([Si](C)(C)[C@@H]2[C@@H](CCn3cc(CCO)nn3)O[C@]3(C(=O)N(Cc4cccc(N5C(=O)CC5OC(C)=O)c4)c4ccc(OC)cc43)[C@H]2C)cc1. The molecule has 3 aromatic carbocycles. The standard InChI is InChI=1S/C40H47N5O8Si/c1-25-38(54(5,6)32-13-10-30(50-3)11-14-32)35(16-18-43-24-28(17-19-46)41-42-43)53-40(25)33-21-31(51-4)12-15-34(33)44(39(40)49)23-27-8-7-9-29(20-27)45-36(48)22-37(45)52-26(2)47/h7-15,20-21,24-25,35,37-38,46H,16-19,22-23H2,1-6H3/t25-,35+,37?,38-,40+/m0/s1. The molecule has 0 saturated carbocycles. The average Bonchev–Trinajstić information content (AvgIpc) is 3.80. The van der Waals surface area contributed by atoms with Crippen LogP contribution in [0.3, 0.4) is 0 Å². The van der Waals surface area contributed by atoms with Crippen molar-refractivity contribution in [2.45, 2.75) is 82.8 Å². The van der Waals surface area contributed by atoms with Crippen LogP contribution < -0.4 is 24.5 Å². The van der Waals surface area contributed by atoms with Gasteiger partial charge in [0.15, 0.2) is 11.8 Å². The van der Waals surface area contributed by atoms with Gasteiger partial charge in [-0.3, -0.25) is 24.0 Å². The molecule has 4 aromatic rings. The van der Waals surface area contributed by atoms with E-state index in [1.54, 1.807) is 29.9 Å². The molecule has 1 N–H and O–H groups in total. The fourth-order valence-corrected chi connectivity index (χ4v) is 12.8. The first kappa shape index (κ1) is 37.3. The summed E-state index contributed by atoms with van der Waals surface area (Å²) in [7, 11) is 0.877. The maximum Gasteiger partial charge on any atom is 0.304 e. The van der Waals surface area contributed by atoms with Gasteiger partial charge in [0.2, 0.25) is 5.91 Å². The summed E-state index contributed by atoms with van der Waals surface area (Å²) in [5, 5.41) is 19.2. The maximum absolute atomic E-state index is 15.3. The van der Waals surface area contributed by atoms with Crippen LogP contribution in [0.4, 0.5) is 11.4 Å². The number of amides is 2. The number of hydrogen-bond donors (Lipinski definition) is 1. The molecular formula is C40H47N5O8Si. The van der Waals surface area contributed by atoms with Crippen LogP contribution in [0.1, 0.15) is 43.5 Å². The van der Waals surface area contributed by atoms with E-state index < -0.39 is 25.9 Å². The topological polar surface area (TPSA) is 146 Å². The van der Waals surface area contributed by atoms with Gasteiger partial charge in [0.05, 0.1) is 52.7 Å². The zero-order valence-corrected chi connectivity index (χ0v) is 32.5. The van der Waals surface area contributed by atoms with E-state index >= 15 is 4.79 Å². The number of fused-ring (bicyclic) bond motifs is 2. The Kier molecular flexibility index (Phi) is 10.1. The number of hydrogen-bond acceptors (Lipinski definition) is 10. The van der Waals surface area contributed by atoms with Crippen molar-refractivity contribution in [3.63, 3.8) is 0 Å². The third-order valence-electron chi connectivity index (χ3n) is 11.4. The van der Waals surface area contributed by atoms with Crippen LogP contribution in [0.15, 0.2) is 72.9 Å². The van der Waals surface area contributed by atoms with E-state index in [1.807, 2.05) is 54.7 Å². The number of benzene rings is 3. The Bertz CT molecular complexity index is 2050. The first-order valence-electron chi connectivity index (χ1n) is 18.3. The summed E-state index contributed by atoms with van der Waals surface area (Å²) in [6.45, 7) is 8.90. The zero-order chi connectivity index (χ0) is 38.4. The molecule has 4 heterocycles. The Balaban J connectivity index is 1.26. The highest BCUT2D eigenvalue weighted by molar-refractivity contribution is 6.91. The molecule has 3 aliphatic rings. The molecule has 1 aromatic heterocycles. The van der Waals surface area contributed by atoms with Crippen LogP contribution in [0.25, 0.3) is 0 Å². The fourth-order valence-electron chi connectivity index (χ4n) is 8.75. The van der Waals surface area contributed by atoms with Crippen molar-refractivity contribution < 1.29 is 38.4 Å². The normalized spacial score (nSPS) is 23.5. The van der Waals surface area contributed by atoms with Crippen molar-refractivity contribution in [3.05, 3.63) is 89.7 Å². The molecule has 13 nitrogen and oxygen atoms in total. The second-order valence-corrected chi connectivity index (χ2v) is 19.6. The minimum Gasteiger partial charge on any atom is -0.497 e. The lowest BCUT2D eigenvalue weighted by atomic mass is 9.82. The van der Waals surface area contributed by atoms with Gasteiger partial charge in [-0.25, -0.2) is 0 Å². The predicted molar refractivity (Wildman–Crippen MR) is 203 cm³/mol. The summed E-state index contributed by atoms with van der Waals surface area (Å²) in [6, 6.07) is 21.4. The van der Waals surface area contributed by atoms with E-state index in [1.165, 1.54) is 17.0 Å². The number of nitrogens with zero attached hydrogens (tertiary/aromatic N) is 5. The Morgan fingerprint density at radius 3 is 2.46 bits per heavy atom. The molecule has 2 fully saturated rings. The number of rotatable bonds is 13. The minimum atomic E-state index is -2.39. The maximum atomic E-state index is 15.3. The van der Waals surface area contributed by atoms with Gasteiger partial charge in [-0.2, -0.15) is 0 Å². The second-order valence-electron chi connectivity index (χ2n) is 14.9. The zero-order valence-electron chi connectivity index (χ0n) is 31.5. The molecule has 54 heavy (non-hydrogen) atoms. The minimum absolute atomic E-state index is 0.00764. The molecule has 284 valence electrons. The molecule has 2 saturated heterocycles. The number of methoxy groups -OCH3 is 2. The van der Waals surface area contributed by atoms with Gasteiger partial charge in [-0.05, 0) is 60.0 Å². The van der Waals surface area contributed by atoms with Gasteiger partial charge < -0.3 is 29.0 Å². The fraction of sp³-hybridized carbons (Fsp3) is 0.425. The second kappa shape index (κ2) is 14.6. The summed E-state index contributed by atoms with van der Waals surface area (Å²) >= 11 is 0. The van der Waals surface area contributed by atoms with Crippen molar-refractivity contribution in [2.75, 3.05) is 30.6 Å².